The van der Waals surface area contributed by atoms with Crippen LogP contribution in [0.25, 0.3) is 17.2 Å². The predicted octanol–water partition coefficient (Wildman–Crippen LogP) is 4.97. The van der Waals surface area contributed by atoms with E-state index in [0.717, 1.165) is 15.6 Å². The molecule has 0 saturated carbocycles. The van der Waals surface area contributed by atoms with E-state index in [0.29, 0.717) is 45.9 Å². The van der Waals surface area contributed by atoms with Gasteiger partial charge in [-0.2, -0.15) is 0 Å². The molecule has 3 heterocycles. The summed E-state index contributed by atoms with van der Waals surface area (Å²) in [5, 5.41) is 20.2. The lowest BCUT2D eigenvalue weighted by Gasteiger charge is -2.30. The molecule has 1 aromatic carbocycles. The summed E-state index contributed by atoms with van der Waals surface area (Å²) in [6, 6.07) is 4.15. The van der Waals surface area contributed by atoms with E-state index in [4.69, 9.17) is 0 Å². The fraction of sp³-hybridized carbons (Fsp3) is 0.286. The monoisotopic (exact) mass is 384 g/mol. The van der Waals surface area contributed by atoms with E-state index in [9.17, 15) is 10.2 Å². The molecular weight excluding hydrogens is 361 g/mol. The maximum Gasteiger partial charge on any atom is 0.737 e. The van der Waals surface area contributed by atoms with Crippen LogP contribution in [0.4, 0.5) is 8.63 Å². The third-order valence-corrected chi connectivity index (χ3v) is 6.13. The minimum Gasteiger partial charge on any atom is -0.508 e. The van der Waals surface area contributed by atoms with Gasteiger partial charge in [0.2, 0.25) is 0 Å². The van der Waals surface area contributed by atoms with Crippen LogP contribution in [0.2, 0.25) is 0 Å². The molecule has 0 amide bonds. The SMILES string of the molecule is CCC1=C(C)C2=Cc3c(C)c(-c4cc(O)ccc4O)c(C)n3[B-](F)(F)[N+]2=C1C. The summed E-state index contributed by atoms with van der Waals surface area (Å²) >= 11 is 0. The van der Waals surface area contributed by atoms with Gasteiger partial charge in [0, 0.05) is 41.0 Å². The average molecular weight is 384 g/mol. The molecule has 2 N–H and O–H groups in total. The molecule has 0 spiro atoms. The lowest BCUT2D eigenvalue weighted by atomic mass is 9.89. The van der Waals surface area contributed by atoms with Gasteiger partial charge in [0.05, 0.1) is 0 Å². The van der Waals surface area contributed by atoms with E-state index in [1.165, 1.54) is 22.7 Å². The largest absolute Gasteiger partial charge is 0.737 e. The molecule has 0 aliphatic carbocycles. The first kappa shape index (κ1) is 18.5. The molecule has 28 heavy (non-hydrogen) atoms. The standard InChI is InChI=1S/C21H23BF2N2O2/c1-6-16-11(2)18-10-19-12(3)21(17-9-15(27)7-8-20(17)28)14(5)26(19)22(23,24)25(18)13(16)4/h7-10,27-28H,6H2,1-5H3. The molecule has 4 rings (SSSR count). The van der Waals surface area contributed by atoms with Gasteiger partial charge >= 0.3 is 6.97 Å². The number of halogens is 2. The van der Waals surface area contributed by atoms with E-state index in [-0.39, 0.29) is 11.5 Å². The Kier molecular flexibility index (Phi) is 3.86. The van der Waals surface area contributed by atoms with Gasteiger partial charge in [-0.25, -0.2) is 0 Å². The van der Waals surface area contributed by atoms with Gasteiger partial charge < -0.3 is 27.8 Å². The summed E-state index contributed by atoms with van der Waals surface area (Å²) in [4.78, 5) is 0. The van der Waals surface area contributed by atoms with Gasteiger partial charge in [0.25, 0.3) is 0 Å². The quantitative estimate of drug-likeness (QED) is 0.567. The Morgan fingerprint density at radius 2 is 1.79 bits per heavy atom. The molecule has 2 aliphatic heterocycles. The maximum atomic E-state index is 15.8. The molecule has 7 heteroatoms. The van der Waals surface area contributed by atoms with Crippen molar-refractivity contribution in [2.45, 2.75) is 41.0 Å². The van der Waals surface area contributed by atoms with E-state index in [2.05, 4.69) is 0 Å². The van der Waals surface area contributed by atoms with Gasteiger partial charge in [-0.3, -0.25) is 0 Å². The van der Waals surface area contributed by atoms with E-state index in [1.54, 1.807) is 20.8 Å². The Hall–Kier alpha value is -2.83. The van der Waals surface area contributed by atoms with Crippen LogP contribution in [0.15, 0.2) is 35.0 Å². The van der Waals surface area contributed by atoms with Crippen LogP contribution >= 0.6 is 0 Å². The van der Waals surface area contributed by atoms with Crippen LogP contribution in [-0.4, -0.2) is 31.9 Å². The lowest BCUT2D eigenvalue weighted by Crippen LogP contribution is -2.50. The first-order valence-electron chi connectivity index (χ1n) is 9.42. The third-order valence-electron chi connectivity index (χ3n) is 6.13. The molecule has 2 aromatic rings. The van der Waals surface area contributed by atoms with Crippen LogP contribution in [0.1, 0.15) is 44.1 Å². The number of nitrogens with zero attached hydrogens (tertiary/aromatic N) is 2. The maximum absolute atomic E-state index is 15.8. The summed E-state index contributed by atoms with van der Waals surface area (Å²) in [5.41, 5.74) is 5.31. The fourth-order valence-corrected chi connectivity index (χ4v) is 4.86. The van der Waals surface area contributed by atoms with Gasteiger partial charge in [0.15, 0.2) is 5.70 Å². The Bertz CT molecular complexity index is 1140. The predicted molar refractivity (Wildman–Crippen MR) is 108 cm³/mol. The van der Waals surface area contributed by atoms with Gasteiger partial charge in [0.1, 0.15) is 17.2 Å². The number of phenols is 2. The second-order valence-electron chi connectivity index (χ2n) is 7.57. The number of phenolic OH excluding ortho intramolecular Hbond substituents is 2. The van der Waals surface area contributed by atoms with E-state index in [1.807, 2.05) is 19.9 Å². The molecule has 146 valence electrons. The molecule has 0 saturated heterocycles. The second-order valence-corrected chi connectivity index (χ2v) is 7.57. The number of fused-ring (bicyclic) bond motifs is 2. The van der Waals surface area contributed by atoms with Crippen molar-refractivity contribution in [3.05, 3.63) is 52.0 Å². The van der Waals surface area contributed by atoms with Crippen molar-refractivity contribution < 1.29 is 23.3 Å². The first-order chi connectivity index (χ1) is 13.1. The molecule has 0 atom stereocenters. The number of aromatic hydroxyl groups is 2. The number of hydrogen-bond acceptors (Lipinski definition) is 2. The molecule has 4 nitrogen and oxygen atoms in total. The van der Waals surface area contributed by atoms with Gasteiger partial charge in [-0.15, -0.1) is 0 Å². The van der Waals surface area contributed by atoms with Crippen molar-refractivity contribution in [1.82, 2.24) is 4.48 Å². The highest BCUT2D eigenvalue weighted by molar-refractivity contribution is 6.58. The normalized spacial score (nSPS) is 17.8. The highest BCUT2D eigenvalue weighted by Gasteiger charge is 2.54. The summed E-state index contributed by atoms with van der Waals surface area (Å²) < 4.78 is 33.8. The number of benzene rings is 1. The second kappa shape index (κ2) is 5.83. The minimum atomic E-state index is -4.08. The van der Waals surface area contributed by atoms with Crippen molar-refractivity contribution in [2.75, 3.05) is 0 Å². The fourth-order valence-electron chi connectivity index (χ4n) is 4.86. The van der Waals surface area contributed by atoms with Gasteiger partial charge in [-0.05, 0) is 56.6 Å². The zero-order valence-corrected chi connectivity index (χ0v) is 16.6. The van der Waals surface area contributed by atoms with Crippen molar-refractivity contribution in [1.29, 1.82) is 0 Å². The van der Waals surface area contributed by atoms with Gasteiger partial charge in [-0.1, -0.05) is 6.92 Å². The van der Waals surface area contributed by atoms with Crippen molar-refractivity contribution in [3.63, 3.8) is 0 Å². The Morgan fingerprint density at radius 3 is 2.43 bits per heavy atom. The zero-order chi connectivity index (χ0) is 20.5. The summed E-state index contributed by atoms with van der Waals surface area (Å²) in [6.07, 6.45) is 2.51. The highest BCUT2D eigenvalue weighted by atomic mass is 19.2. The summed E-state index contributed by atoms with van der Waals surface area (Å²) in [6.45, 7) is 4.95. The number of allylic oxidation sites excluding steroid dienone is 2. The number of aromatic nitrogens is 1. The Morgan fingerprint density at radius 1 is 1.11 bits per heavy atom. The van der Waals surface area contributed by atoms with Crippen LogP contribution in [-0.2, 0) is 0 Å². The number of hydrogen-bond donors (Lipinski definition) is 2. The van der Waals surface area contributed by atoms with E-state index < -0.39 is 6.97 Å². The van der Waals surface area contributed by atoms with Crippen molar-refractivity contribution in [3.8, 4) is 22.6 Å². The van der Waals surface area contributed by atoms with Crippen LogP contribution < -0.4 is 0 Å². The molecule has 2 aliphatic rings. The molecular formula is C21H23BF2N2O2. The zero-order valence-electron chi connectivity index (χ0n) is 16.6. The Labute approximate surface area is 162 Å². The van der Waals surface area contributed by atoms with Crippen LogP contribution in [0.3, 0.4) is 0 Å². The molecule has 0 unspecified atom stereocenters. The first-order valence-corrected chi connectivity index (χ1v) is 9.42. The van der Waals surface area contributed by atoms with Crippen LogP contribution in [0, 0.1) is 13.8 Å². The summed E-state index contributed by atoms with van der Waals surface area (Å²) in [7, 11) is 0. The third kappa shape index (κ3) is 2.19. The van der Waals surface area contributed by atoms with E-state index >= 15 is 8.63 Å². The topological polar surface area (TPSA) is 48.4 Å². The Balaban J connectivity index is 2.06. The van der Waals surface area contributed by atoms with Crippen LogP contribution in [0.5, 0.6) is 11.5 Å². The molecule has 0 bridgehead atoms. The highest BCUT2D eigenvalue weighted by Crippen LogP contribution is 2.45. The molecule has 1 aromatic heterocycles. The molecule has 0 radical (unpaired) electrons. The summed E-state index contributed by atoms with van der Waals surface area (Å²) in [5.74, 6) is -0.0782. The average Bonchev–Trinajstić information content (AvgIpc) is 3.02. The minimum absolute atomic E-state index is 0.0254. The number of rotatable bonds is 2. The van der Waals surface area contributed by atoms with Crippen molar-refractivity contribution in [2.24, 2.45) is 0 Å². The smallest absolute Gasteiger partial charge is 0.508 e. The lowest BCUT2D eigenvalue weighted by molar-refractivity contribution is -0.363. The van der Waals surface area contributed by atoms with Crippen molar-refractivity contribution >= 4 is 18.8 Å². The molecule has 0 fully saturated rings.